The van der Waals surface area contributed by atoms with Crippen LogP contribution in [0.1, 0.15) is 5.56 Å². The molecular formula is C7H10N4. The monoisotopic (exact) mass is 150 g/mol. The largest absolute Gasteiger partial charge is 0.347 e. The van der Waals surface area contributed by atoms with Gasteiger partial charge in [0.1, 0.15) is 5.84 Å². The van der Waals surface area contributed by atoms with Gasteiger partial charge in [-0.05, 0) is 6.20 Å². The molecule has 1 rings (SSSR count). The maximum atomic E-state index is 3.99. The van der Waals surface area contributed by atoms with Gasteiger partial charge in [-0.3, -0.25) is 10.1 Å². The molecule has 0 saturated heterocycles. The molecule has 1 heterocycles. The number of hydrogen-bond donors (Lipinski definition) is 2. The fourth-order valence-corrected chi connectivity index (χ4v) is 0.754. The lowest BCUT2D eigenvalue weighted by atomic mass is 10.3. The molecular weight excluding hydrogens is 140 g/mol. The molecule has 0 aromatic carbocycles. The van der Waals surface area contributed by atoms with Gasteiger partial charge in [0.25, 0.3) is 0 Å². The van der Waals surface area contributed by atoms with E-state index in [-0.39, 0.29) is 0 Å². The Morgan fingerprint density at radius 3 is 3.18 bits per heavy atom. The molecule has 0 radical (unpaired) electrons. The van der Waals surface area contributed by atoms with Crippen LogP contribution in [-0.2, 0) is 0 Å². The lowest BCUT2D eigenvalue weighted by Gasteiger charge is -1.99. The van der Waals surface area contributed by atoms with Crippen LogP contribution in [-0.4, -0.2) is 23.1 Å². The first-order valence-corrected chi connectivity index (χ1v) is 3.22. The molecule has 0 atom stereocenters. The number of aromatic amines is 1. The first-order chi connectivity index (χ1) is 5.38. The van der Waals surface area contributed by atoms with Gasteiger partial charge in [0.2, 0.25) is 0 Å². The minimum atomic E-state index is 0.758. The van der Waals surface area contributed by atoms with Crippen LogP contribution in [0, 0.1) is 0 Å². The van der Waals surface area contributed by atoms with Gasteiger partial charge >= 0.3 is 0 Å². The number of hydrogen-bond acceptors (Lipinski definition) is 2. The van der Waals surface area contributed by atoms with Gasteiger partial charge in [0.15, 0.2) is 0 Å². The summed E-state index contributed by atoms with van der Waals surface area (Å²) < 4.78 is 0. The second-order valence-corrected chi connectivity index (χ2v) is 1.91. The summed E-state index contributed by atoms with van der Waals surface area (Å²) in [5.41, 5.74) is 0.924. The highest BCUT2D eigenvalue weighted by Crippen LogP contribution is 1.93. The fraction of sp³-hybridized carbons (Fsp3) is 0.143. The number of aliphatic imine (C=N–C) groups is 1. The third-order valence-electron chi connectivity index (χ3n) is 1.23. The first kappa shape index (κ1) is 7.53. The highest BCUT2D eigenvalue weighted by Gasteiger charge is 1.99. The van der Waals surface area contributed by atoms with Crippen molar-refractivity contribution in [3.63, 3.8) is 0 Å². The van der Waals surface area contributed by atoms with Crippen LogP contribution >= 0.6 is 0 Å². The smallest absolute Gasteiger partial charge is 0.135 e. The second kappa shape index (κ2) is 3.55. The van der Waals surface area contributed by atoms with E-state index < -0.39 is 0 Å². The molecule has 4 heteroatoms. The quantitative estimate of drug-likeness (QED) is 0.477. The van der Waals surface area contributed by atoms with Gasteiger partial charge in [0, 0.05) is 13.2 Å². The molecule has 0 unspecified atom stereocenters. The molecule has 0 aliphatic carbocycles. The molecule has 0 saturated carbocycles. The molecule has 0 aliphatic heterocycles. The highest BCUT2D eigenvalue weighted by molar-refractivity contribution is 5.98. The zero-order valence-corrected chi connectivity index (χ0v) is 6.33. The van der Waals surface area contributed by atoms with Crippen LogP contribution in [0.15, 0.2) is 30.2 Å². The van der Waals surface area contributed by atoms with Crippen molar-refractivity contribution in [1.29, 1.82) is 0 Å². The summed E-state index contributed by atoms with van der Waals surface area (Å²) in [5.74, 6) is 0.758. The number of rotatable bonds is 2. The number of nitrogens with one attached hydrogen (secondary N) is 2. The Morgan fingerprint density at radius 2 is 2.73 bits per heavy atom. The zero-order valence-electron chi connectivity index (χ0n) is 6.33. The van der Waals surface area contributed by atoms with E-state index in [1.807, 2.05) is 0 Å². The maximum absolute atomic E-state index is 3.99. The van der Waals surface area contributed by atoms with Gasteiger partial charge in [-0.15, -0.1) is 0 Å². The molecule has 11 heavy (non-hydrogen) atoms. The van der Waals surface area contributed by atoms with Gasteiger partial charge in [-0.1, -0.05) is 6.58 Å². The SMILES string of the molecule is C=CNC(=NC)c1cn[nH]c1. The summed E-state index contributed by atoms with van der Waals surface area (Å²) >= 11 is 0. The van der Waals surface area contributed by atoms with E-state index in [4.69, 9.17) is 0 Å². The molecule has 4 nitrogen and oxygen atoms in total. The predicted octanol–water partition coefficient (Wildman–Crippen LogP) is 0.519. The van der Waals surface area contributed by atoms with Crippen LogP contribution in [0.4, 0.5) is 0 Å². The molecule has 0 bridgehead atoms. The summed E-state index contributed by atoms with van der Waals surface area (Å²) in [5, 5.41) is 9.38. The van der Waals surface area contributed by atoms with Crippen LogP contribution < -0.4 is 5.32 Å². The Morgan fingerprint density at radius 1 is 1.91 bits per heavy atom. The maximum Gasteiger partial charge on any atom is 0.135 e. The van der Waals surface area contributed by atoms with E-state index in [9.17, 15) is 0 Å². The van der Waals surface area contributed by atoms with Crippen molar-refractivity contribution in [3.8, 4) is 0 Å². The Kier molecular flexibility index (Phi) is 2.43. The number of nitrogens with zero attached hydrogens (tertiary/aromatic N) is 2. The Labute approximate surface area is 65.0 Å². The van der Waals surface area contributed by atoms with Crippen LogP contribution in [0.2, 0.25) is 0 Å². The summed E-state index contributed by atoms with van der Waals surface area (Å²) in [6.07, 6.45) is 5.03. The molecule has 0 fully saturated rings. The second-order valence-electron chi connectivity index (χ2n) is 1.91. The summed E-state index contributed by atoms with van der Waals surface area (Å²) in [6.45, 7) is 3.54. The predicted molar refractivity (Wildman–Crippen MR) is 44.4 cm³/mol. The number of amidine groups is 1. The minimum absolute atomic E-state index is 0.758. The van der Waals surface area contributed by atoms with Crippen molar-refractivity contribution in [2.24, 2.45) is 4.99 Å². The third-order valence-corrected chi connectivity index (χ3v) is 1.23. The van der Waals surface area contributed by atoms with Gasteiger partial charge in [0.05, 0.1) is 11.8 Å². The van der Waals surface area contributed by atoms with E-state index in [0.717, 1.165) is 11.4 Å². The Balaban J connectivity index is 2.80. The van der Waals surface area contributed by atoms with Crippen LogP contribution in [0.5, 0.6) is 0 Å². The molecule has 0 aliphatic rings. The van der Waals surface area contributed by atoms with Crippen molar-refractivity contribution < 1.29 is 0 Å². The summed E-state index contributed by atoms with van der Waals surface area (Å²) in [7, 11) is 1.71. The lowest BCUT2D eigenvalue weighted by molar-refractivity contribution is 1.09. The van der Waals surface area contributed by atoms with Crippen molar-refractivity contribution in [2.45, 2.75) is 0 Å². The standard InChI is InChI=1S/C7H10N4/c1-3-9-7(8-2)6-4-10-11-5-6/h3-5H,1H2,2H3,(H,8,9)(H,10,11). The summed E-state index contributed by atoms with van der Waals surface area (Å²) in [4.78, 5) is 3.99. The van der Waals surface area contributed by atoms with Crippen LogP contribution in [0.25, 0.3) is 0 Å². The van der Waals surface area contributed by atoms with Crippen molar-refractivity contribution in [2.75, 3.05) is 7.05 Å². The molecule has 2 N–H and O–H groups in total. The van der Waals surface area contributed by atoms with E-state index in [0.29, 0.717) is 0 Å². The average Bonchev–Trinajstić information content (AvgIpc) is 2.52. The Bertz CT molecular complexity index is 247. The average molecular weight is 150 g/mol. The molecule has 58 valence electrons. The van der Waals surface area contributed by atoms with Crippen molar-refractivity contribution in [3.05, 3.63) is 30.7 Å². The summed E-state index contributed by atoms with van der Waals surface area (Å²) in [6, 6.07) is 0. The molecule has 0 amide bonds. The van der Waals surface area contributed by atoms with Crippen molar-refractivity contribution >= 4 is 5.84 Å². The highest BCUT2D eigenvalue weighted by atomic mass is 15.1. The first-order valence-electron chi connectivity index (χ1n) is 3.22. The topological polar surface area (TPSA) is 53.1 Å². The minimum Gasteiger partial charge on any atom is -0.347 e. The molecule has 0 spiro atoms. The molecule has 1 aromatic heterocycles. The van der Waals surface area contributed by atoms with E-state index >= 15 is 0 Å². The Hall–Kier alpha value is -1.58. The van der Waals surface area contributed by atoms with Crippen molar-refractivity contribution in [1.82, 2.24) is 15.5 Å². The normalized spacial score (nSPS) is 11.2. The zero-order chi connectivity index (χ0) is 8.10. The van der Waals surface area contributed by atoms with Gasteiger partial charge < -0.3 is 5.32 Å². The van der Waals surface area contributed by atoms with Gasteiger partial charge in [-0.2, -0.15) is 5.10 Å². The van der Waals surface area contributed by atoms with E-state index in [1.165, 1.54) is 0 Å². The number of aromatic nitrogens is 2. The number of H-pyrrole nitrogens is 1. The van der Waals surface area contributed by atoms with E-state index in [2.05, 4.69) is 27.1 Å². The lowest BCUT2D eigenvalue weighted by Crippen LogP contribution is -2.17. The van der Waals surface area contributed by atoms with Crippen LogP contribution in [0.3, 0.4) is 0 Å². The third kappa shape index (κ3) is 1.67. The van der Waals surface area contributed by atoms with E-state index in [1.54, 1.807) is 25.6 Å². The van der Waals surface area contributed by atoms with Gasteiger partial charge in [-0.25, -0.2) is 0 Å². The fourth-order valence-electron chi connectivity index (χ4n) is 0.754. The molecule has 1 aromatic rings.